The van der Waals surface area contributed by atoms with Crippen LogP contribution in [0.2, 0.25) is 0 Å². The van der Waals surface area contributed by atoms with Crippen molar-refractivity contribution in [2.45, 2.75) is 31.7 Å². The molecule has 0 bridgehead atoms. The number of benzene rings is 5. The van der Waals surface area contributed by atoms with Gasteiger partial charge in [-0.1, -0.05) is 116 Å². The molecular weight excluding hydrogens is 520 g/mol. The van der Waals surface area contributed by atoms with Gasteiger partial charge in [0.1, 0.15) is 0 Å². The molecular formula is C41H32N2. The predicted octanol–water partition coefficient (Wildman–Crippen LogP) is 11.0. The van der Waals surface area contributed by atoms with Crippen molar-refractivity contribution < 1.29 is 0 Å². The lowest BCUT2D eigenvalue weighted by atomic mass is 9.84. The minimum Gasteiger partial charge on any atom is -0.333 e. The van der Waals surface area contributed by atoms with Crippen molar-refractivity contribution in [2.24, 2.45) is 0 Å². The Bertz CT molecular complexity index is 2320. The van der Waals surface area contributed by atoms with Gasteiger partial charge in [-0.15, -0.1) is 0 Å². The van der Waals surface area contributed by atoms with Crippen molar-refractivity contribution >= 4 is 55.3 Å². The normalized spacial score (nSPS) is 18.1. The summed E-state index contributed by atoms with van der Waals surface area (Å²) in [5.74, 6) is 0.362. The Morgan fingerprint density at radius 2 is 1.30 bits per heavy atom. The molecule has 206 valence electrons. The third-order valence-electron chi connectivity index (χ3n) is 9.72. The summed E-state index contributed by atoms with van der Waals surface area (Å²) in [5.41, 5.74) is 11.7. The molecule has 7 aromatic rings. The minimum absolute atomic E-state index is 0.230. The zero-order valence-corrected chi connectivity index (χ0v) is 24.2. The van der Waals surface area contributed by atoms with E-state index in [1.54, 1.807) is 0 Å². The van der Waals surface area contributed by atoms with E-state index in [9.17, 15) is 0 Å². The third kappa shape index (κ3) is 3.59. The van der Waals surface area contributed by atoms with Crippen LogP contribution in [0.4, 0.5) is 0 Å². The summed E-state index contributed by atoms with van der Waals surface area (Å²) in [4.78, 5) is 0. The first kappa shape index (κ1) is 24.5. The van der Waals surface area contributed by atoms with E-state index in [0.717, 1.165) is 12.8 Å². The maximum absolute atomic E-state index is 2.60. The Hall–Kier alpha value is -5.08. The lowest BCUT2D eigenvalue weighted by Gasteiger charge is -2.29. The molecule has 0 aliphatic heterocycles. The highest BCUT2D eigenvalue weighted by atomic mass is 15.0. The fourth-order valence-electron chi connectivity index (χ4n) is 7.71. The molecule has 2 heterocycles. The molecule has 2 atom stereocenters. The fourth-order valence-corrected chi connectivity index (χ4v) is 7.71. The van der Waals surface area contributed by atoms with Gasteiger partial charge >= 0.3 is 0 Å². The van der Waals surface area contributed by atoms with Gasteiger partial charge in [-0.3, -0.25) is 0 Å². The average molecular weight is 553 g/mol. The highest BCUT2D eigenvalue weighted by molar-refractivity contribution is 6.18. The van der Waals surface area contributed by atoms with Gasteiger partial charge in [0.15, 0.2) is 0 Å². The molecule has 0 radical (unpaired) electrons. The van der Waals surface area contributed by atoms with Crippen LogP contribution in [0.15, 0.2) is 133 Å². The first-order chi connectivity index (χ1) is 21.3. The Morgan fingerprint density at radius 1 is 0.605 bits per heavy atom. The van der Waals surface area contributed by atoms with Gasteiger partial charge in [-0.05, 0) is 59.9 Å². The standard InChI is InChI=1S/C41H32N2/c1-27-30-16-6-5-15-29(30)23-24-36(27)42-38-21-11-8-18-32(38)34-26-41-35(25-40(34)42)33-19-9-12-22-39(33)43(41)37-20-10-7-17-31(37)28-13-3-2-4-14-28/h3,5-27,36H,2,4H2,1H3. The van der Waals surface area contributed by atoms with Gasteiger partial charge in [-0.2, -0.15) is 0 Å². The molecule has 0 spiro atoms. The van der Waals surface area contributed by atoms with Crippen LogP contribution in [-0.2, 0) is 0 Å². The zero-order chi connectivity index (χ0) is 28.5. The number of fused-ring (bicyclic) bond motifs is 7. The molecule has 0 amide bonds. The van der Waals surface area contributed by atoms with E-state index in [1.165, 1.54) is 71.6 Å². The summed E-state index contributed by atoms with van der Waals surface area (Å²) >= 11 is 0. The molecule has 5 aromatic carbocycles. The van der Waals surface area contributed by atoms with Crippen LogP contribution in [0, 0.1) is 0 Å². The molecule has 43 heavy (non-hydrogen) atoms. The minimum atomic E-state index is 0.230. The second-order valence-corrected chi connectivity index (χ2v) is 12.0. The molecule has 2 aliphatic rings. The van der Waals surface area contributed by atoms with Gasteiger partial charge in [0, 0.05) is 38.5 Å². The van der Waals surface area contributed by atoms with Crippen LogP contribution in [0.1, 0.15) is 48.4 Å². The maximum atomic E-state index is 2.60. The largest absolute Gasteiger partial charge is 0.333 e. The number of allylic oxidation sites excluding steroid dienone is 5. The van der Waals surface area contributed by atoms with E-state index < -0.39 is 0 Å². The fraction of sp³-hybridized carbons (Fsp3) is 0.122. The number of rotatable bonds is 3. The molecule has 2 aliphatic carbocycles. The van der Waals surface area contributed by atoms with Crippen molar-refractivity contribution in [1.29, 1.82) is 0 Å². The monoisotopic (exact) mass is 552 g/mol. The Balaban J connectivity index is 1.36. The van der Waals surface area contributed by atoms with Crippen LogP contribution in [0.3, 0.4) is 0 Å². The van der Waals surface area contributed by atoms with Crippen molar-refractivity contribution in [3.05, 3.63) is 150 Å². The smallest absolute Gasteiger partial charge is 0.0592 e. The molecule has 9 rings (SSSR count). The van der Waals surface area contributed by atoms with Crippen molar-refractivity contribution in [3.8, 4) is 5.69 Å². The van der Waals surface area contributed by atoms with E-state index in [-0.39, 0.29) is 6.04 Å². The summed E-state index contributed by atoms with van der Waals surface area (Å²) in [6.07, 6.45) is 13.9. The number of para-hydroxylation sites is 3. The quantitative estimate of drug-likeness (QED) is 0.206. The molecule has 2 heteroatoms. The second-order valence-electron chi connectivity index (χ2n) is 12.0. The van der Waals surface area contributed by atoms with Crippen molar-refractivity contribution in [2.75, 3.05) is 0 Å². The summed E-state index contributed by atoms with van der Waals surface area (Å²) < 4.78 is 5.09. The lowest BCUT2D eigenvalue weighted by Crippen LogP contribution is -2.17. The van der Waals surface area contributed by atoms with Gasteiger partial charge in [0.05, 0.1) is 28.3 Å². The zero-order valence-electron chi connectivity index (χ0n) is 24.2. The molecule has 0 saturated heterocycles. The second kappa shape index (κ2) is 9.47. The van der Waals surface area contributed by atoms with Crippen LogP contribution >= 0.6 is 0 Å². The van der Waals surface area contributed by atoms with E-state index in [1.807, 2.05) is 0 Å². The van der Waals surface area contributed by atoms with Crippen LogP contribution in [0.5, 0.6) is 0 Å². The van der Waals surface area contributed by atoms with Gasteiger partial charge in [-0.25, -0.2) is 0 Å². The van der Waals surface area contributed by atoms with Crippen LogP contribution in [-0.4, -0.2) is 9.13 Å². The van der Waals surface area contributed by atoms with Crippen LogP contribution < -0.4 is 0 Å². The van der Waals surface area contributed by atoms with Gasteiger partial charge in [0.25, 0.3) is 0 Å². The van der Waals surface area contributed by atoms with Crippen LogP contribution in [0.25, 0.3) is 60.9 Å². The topological polar surface area (TPSA) is 9.86 Å². The number of nitrogens with zero attached hydrogens (tertiary/aromatic N) is 2. The highest BCUT2D eigenvalue weighted by Crippen LogP contribution is 2.44. The number of aromatic nitrogens is 2. The van der Waals surface area contributed by atoms with E-state index in [2.05, 4.69) is 156 Å². The Kier molecular flexibility index (Phi) is 5.40. The third-order valence-corrected chi connectivity index (χ3v) is 9.72. The number of hydrogen-bond donors (Lipinski definition) is 0. The van der Waals surface area contributed by atoms with Gasteiger partial charge < -0.3 is 9.13 Å². The number of hydrogen-bond acceptors (Lipinski definition) is 0. The molecule has 0 fully saturated rings. The SMILES string of the molecule is CC1c2ccccc2C=CC1n1c2ccccc2c2cc3c(cc21)c1ccccc1n3-c1ccccc1C1=CCCC=C1. The first-order valence-electron chi connectivity index (χ1n) is 15.5. The molecule has 0 N–H and O–H groups in total. The van der Waals surface area contributed by atoms with E-state index in [0.29, 0.717) is 5.92 Å². The summed E-state index contributed by atoms with van der Waals surface area (Å²) in [6.45, 7) is 2.38. The highest BCUT2D eigenvalue weighted by Gasteiger charge is 2.27. The average Bonchev–Trinajstić information content (AvgIpc) is 3.56. The first-order valence-corrected chi connectivity index (χ1v) is 15.5. The van der Waals surface area contributed by atoms with Gasteiger partial charge in [0.2, 0.25) is 0 Å². The lowest BCUT2D eigenvalue weighted by molar-refractivity contribution is 0.538. The van der Waals surface area contributed by atoms with E-state index >= 15 is 0 Å². The summed E-state index contributed by atoms with van der Waals surface area (Å²) in [5, 5.41) is 5.20. The van der Waals surface area contributed by atoms with E-state index in [4.69, 9.17) is 0 Å². The molecule has 2 nitrogen and oxygen atoms in total. The molecule has 2 aromatic heterocycles. The summed E-state index contributed by atoms with van der Waals surface area (Å²) in [6, 6.07) is 40.7. The molecule has 0 saturated carbocycles. The Morgan fingerprint density at radius 3 is 2.16 bits per heavy atom. The van der Waals surface area contributed by atoms with Crippen molar-refractivity contribution in [1.82, 2.24) is 9.13 Å². The maximum Gasteiger partial charge on any atom is 0.0592 e. The summed E-state index contributed by atoms with van der Waals surface area (Å²) in [7, 11) is 0. The van der Waals surface area contributed by atoms with Crippen molar-refractivity contribution in [3.63, 3.8) is 0 Å². The molecule has 2 unspecified atom stereocenters. The Labute approximate surface area is 251 Å². The predicted molar refractivity (Wildman–Crippen MR) is 183 cm³/mol.